The summed E-state index contributed by atoms with van der Waals surface area (Å²) in [5.74, 6) is 0.567. The number of halogens is 1. The van der Waals surface area contributed by atoms with E-state index < -0.39 is 0 Å². The summed E-state index contributed by atoms with van der Waals surface area (Å²) in [6.07, 6.45) is 3.07. The fourth-order valence-electron chi connectivity index (χ4n) is 2.45. The molecule has 2 fully saturated rings. The van der Waals surface area contributed by atoms with Crippen LogP contribution in [0.4, 0.5) is 4.39 Å². The first-order valence-electron chi connectivity index (χ1n) is 5.27. The fraction of sp³-hybridized carbons (Fsp3) is 0.500. The van der Waals surface area contributed by atoms with Crippen molar-refractivity contribution in [2.45, 2.75) is 31.0 Å². The van der Waals surface area contributed by atoms with Crippen molar-refractivity contribution in [1.82, 2.24) is 0 Å². The van der Waals surface area contributed by atoms with Crippen LogP contribution in [0.1, 0.15) is 24.3 Å². The van der Waals surface area contributed by atoms with Crippen molar-refractivity contribution in [2.24, 2.45) is 0 Å². The Balaban J connectivity index is 1.85. The molecule has 0 spiro atoms. The van der Waals surface area contributed by atoms with Crippen molar-refractivity contribution >= 4 is 0 Å². The average molecular weight is 208 g/mol. The van der Waals surface area contributed by atoms with E-state index in [1.54, 1.807) is 0 Å². The lowest BCUT2D eigenvalue weighted by Crippen LogP contribution is -1.99. The largest absolute Gasteiger partial charge is 0.494 e. The molecule has 2 atom stereocenters. The Morgan fingerprint density at radius 1 is 1.33 bits per heavy atom. The zero-order valence-corrected chi connectivity index (χ0v) is 8.57. The zero-order valence-electron chi connectivity index (χ0n) is 8.57. The van der Waals surface area contributed by atoms with Crippen LogP contribution in [-0.4, -0.2) is 19.3 Å². The van der Waals surface area contributed by atoms with Crippen molar-refractivity contribution in [3.63, 3.8) is 0 Å². The highest BCUT2D eigenvalue weighted by atomic mass is 19.1. The molecule has 2 unspecified atom stereocenters. The molecular formula is C12H13FO2. The minimum atomic E-state index is -0.291. The summed E-state index contributed by atoms with van der Waals surface area (Å²) in [7, 11) is 1.50. The summed E-state index contributed by atoms with van der Waals surface area (Å²) in [6, 6.07) is 5.15. The summed E-state index contributed by atoms with van der Waals surface area (Å²) in [6.45, 7) is 0. The van der Waals surface area contributed by atoms with Gasteiger partial charge in [-0.2, -0.15) is 0 Å². The molecule has 0 aromatic heterocycles. The van der Waals surface area contributed by atoms with Gasteiger partial charge in [-0.1, -0.05) is 6.07 Å². The van der Waals surface area contributed by atoms with Gasteiger partial charge in [-0.05, 0) is 36.5 Å². The number of epoxide rings is 1. The second-order valence-corrected chi connectivity index (χ2v) is 4.28. The third-order valence-corrected chi connectivity index (χ3v) is 3.37. The lowest BCUT2D eigenvalue weighted by molar-refractivity contribution is 0.304. The van der Waals surface area contributed by atoms with Gasteiger partial charge in [-0.3, -0.25) is 0 Å². The second-order valence-electron chi connectivity index (χ2n) is 4.28. The Morgan fingerprint density at radius 3 is 2.73 bits per heavy atom. The first-order valence-corrected chi connectivity index (χ1v) is 5.27. The molecule has 1 aliphatic heterocycles. The maximum Gasteiger partial charge on any atom is 0.165 e. The molecule has 1 aromatic rings. The van der Waals surface area contributed by atoms with Gasteiger partial charge >= 0.3 is 0 Å². The van der Waals surface area contributed by atoms with Crippen LogP contribution in [0, 0.1) is 5.82 Å². The van der Waals surface area contributed by atoms with E-state index in [1.807, 2.05) is 12.1 Å². The van der Waals surface area contributed by atoms with Crippen molar-refractivity contribution in [3.05, 3.63) is 29.6 Å². The standard InChI is InChI=1S/C12H13FO2/c1-14-10-4-7(2-3-9(10)13)8-5-11-12(6-8)15-11/h2-4,8,11-12H,5-6H2,1H3. The number of hydrogen-bond donors (Lipinski definition) is 0. The Morgan fingerprint density at radius 2 is 2.07 bits per heavy atom. The summed E-state index contributed by atoms with van der Waals surface area (Å²) in [4.78, 5) is 0. The van der Waals surface area contributed by atoms with Gasteiger partial charge in [0.15, 0.2) is 11.6 Å². The Hall–Kier alpha value is -1.09. The summed E-state index contributed by atoms with van der Waals surface area (Å²) < 4.78 is 23.5. The average Bonchev–Trinajstić information content (AvgIpc) is 2.86. The Bertz CT molecular complexity index is 381. The molecule has 1 aromatic carbocycles. The molecule has 1 saturated carbocycles. The van der Waals surface area contributed by atoms with E-state index >= 15 is 0 Å². The predicted octanol–water partition coefficient (Wildman–Crippen LogP) is 2.48. The lowest BCUT2D eigenvalue weighted by atomic mass is 9.97. The monoisotopic (exact) mass is 208 g/mol. The molecule has 15 heavy (non-hydrogen) atoms. The van der Waals surface area contributed by atoms with E-state index in [4.69, 9.17) is 9.47 Å². The van der Waals surface area contributed by atoms with Crippen molar-refractivity contribution in [1.29, 1.82) is 0 Å². The molecule has 0 N–H and O–H groups in total. The third-order valence-electron chi connectivity index (χ3n) is 3.37. The molecule has 80 valence electrons. The number of fused-ring (bicyclic) bond motifs is 1. The van der Waals surface area contributed by atoms with Gasteiger partial charge < -0.3 is 9.47 Å². The molecular weight excluding hydrogens is 195 g/mol. The highest BCUT2D eigenvalue weighted by molar-refractivity contribution is 5.33. The normalized spacial score (nSPS) is 32.5. The number of hydrogen-bond acceptors (Lipinski definition) is 2. The summed E-state index contributed by atoms with van der Waals surface area (Å²) in [5.41, 5.74) is 1.17. The van der Waals surface area contributed by atoms with E-state index in [9.17, 15) is 4.39 Å². The molecule has 0 radical (unpaired) electrons. The first-order chi connectivity index (χ1) is 7.28. The molecule has 0 amide bonds. The van der Waals surface area contributed by atoms with Crippen molar-refractivity contribution < 1.29 is 13.9 Å². The molecule has 1 heterocycles. The molecule has 1 aliphatic carbocycles. The number of methoxy groups -OCH3 is 1. The molecule has 0 bridgehead atoms. The minimum Gasteiger partial charge on any atom is -0.494 e. The van der Waals surface area contributed by atoms with Crippen molar-refractivity contribution in [3.8, 4) is 5.75 Å². The SMILES string of the molecule is COc1cc(C2CC3OC3C2)ccc1F. The quantitative estimate of drug-likeness (QED) is 0.696. The molecule has 2 aliphatic rings. The van der Waals surface area contributed by atoms with Crippen LogP contribution in [0.5, 0.6) is 5.75 Å². The van der Waals surface area contributed by atoms with Crippen LogP contribution in [0.25, 0.3) is 0 Å². The Labute approximate surface area is 88.0 Å². The number of benzene rings is 1. The minimum absolute atomic E-state index is 0.291. The Kier molecular flexibility index (Phi) is 1.96. The molecule has 3 heteroatoms. The predicted molar refractivity (Wildman–Crippen MR) is 53.6 cm³/mol. The van der Waals surface area contributed by atoms with Gasteiger partial charge in [-0.15, -0.1) is 0 Å². The first kappa shape index (κ1) is 9.16. The van der Waals surface area contributed by atoms with Gasteiger partial charge in [0.2, 0.25) is 0 Å². The van der Waals surface area contributed by atoms with Crippen LogP contribution in [0.3, 0.4) is 0 Å². The van der Waals surface area contributed by atoms with Gasteiger partial charge in [-0.25, -0.2) is 4.39 Å². The maximum absolute atomic E-state index is 13.2. The lowest BCUT2D eigenvalue weighted by Gasteiger charge is -2.13. The number of rotatable bonds is 2. The third kappa shape index (κ3) is 1.51. The highest BCUT2D eigenvalue weighted by Gasteiger charge is 2.48. The molecule has 1 saturated heterocycles. The van der Waals surface area contributed by atoms with Crippen LogP contribution in [0.2, 0.25) is 0 Å². The van der Waals surface area contributed by atoms with Gasteiger partial charge in [0.25, 0.3) is 0 Å². The van der Waals surface area contributed by atoms with Crippen LogP contribution in [0.15, 0.2) is 18.2 Å². The highest BCUT2D eigenvalue weighted by Crippen LogP contribution is 2.47. The molecule has 2 nitrogen and oxygen atoms in total. The van der Waals surface area contributed by atoms with Crippen LogP contribution < -0.4 is 4.74 Å². The molecule has 3 rings (SSSR count). The van der Waals surface area contributed by atoms with Gasteiger partial charge in [0.05, 0.1) is 19.3 Å². The van der Waals surface area contributed by atoms with E-state index in [-0.39, 0.29) is 5.82 Å². The summed E-state index contributed by atoms with van der Waals surface area (Å²) in [5, 5.41) is 0. The number of ether oxygens (including phenoxy) is 2. The zero-order chi connectivity index (χ0) is 10.4. The maximum atomic E-state index is 13.2. The fourth-order valence-corrected chi connectivity index (χ4v) is 2.45. The topological polar surface area (TPSA) is 21.8 Å². The van der Waals surface area contributed by atoms with Crippen molar-refractivity contribution in [2.75, 3.05) is 7.11 Å². The van der Waals surface area contributed by atoms with E-state index in [0.29, 0.717) is 23.9 Å². The smallest absolute Gasteiger partial charge is 0.165 e. The van der Waals surface area contributed by atoms with E-state index in [2.05, 4.69) is 0 Å². The van der Waals surface area contributed by atoms with Crippen LogP contribution in [-0.2, 0) is 4.74 Å². The second kappa shape index (κ2) is 3.20. The van der Waals surface area contributed by atoms with Gasteiger partial charge in [0.1, 0.15) is 0 Å². The van der Waals surface area contributed by atoms with E-state index in [1.165, 1.54) is 18.7 Å². The van der Waals surface area contributed by atoms with E-state index in [0.717, 1.165) is 12.8 Å². The van der Waals surface area contributed by atoms with Crippen LogP contribution >= 0.6 is 0 Å². The summed E-state index contributed by atoms with van der Waals surface area (Å²) >= 11 is 0. The van der Waals surface area contributed by atoms with Gasteiger partial charge in [0, 0.05) is 0 Å².